The van der Waals surface area contributed by atoms with Crippen LogP contribution in [-0.2, 0) is 0 Å². The Morgan fingerprint density at radius 3 is 2.87 bits per heavy atom. The van der Waals surface area contributed by atoms with Gasteiger partial charge < -0.3 is 10.0 Å². The number of hydrogen-bond acceptors (Lipinski definition) is 4. The van der Waals surface area contributed by atoms with Crippen molar-refractivity contribution in [2.24, 2.45) is 0 Å². The molecule has 4 nitrogen and oxygen atoms in total. The summed E-state index contributed by atoms with van der Waals surface area (Å²) < 4.78 is 0. The lowest BCUT2D eigenvalue weighted by atomic mass is 9.91. The van der Waals surface area contributed by atoms with Crippen LogP contribution in [0.15, 0.2) is 12.3 Å². The van der Waals surface area contributed by atoms with Crippen molar-refractivity contribution in [1.29, 1.82) is 0 Å². The van der Waals surface area contributed by atoms with Crippen molar-refractivity contribution in [3.05, 3.63) is 17.5 Å². The van der Waals surface area contributed by atoms with E-state index in [2.05, 4.69) is 14.9 Å². The van der Waals surface area contributed by atoms with E-state index < -0.39 is 0 Å². The highest BCUT2D eigenvalue weighted by Crippen LogP contribution is 2.28. The molecule has 82 valence electrons. The summed E-state index contributed by atoms with van der Waals surface area (Å²) in [6.07, 6.45) is 5.24. The van der Waals surface area contributed by atoms with E-state index in [1.54, 1.807) is 6.20 Å². The monoisotopic (exact) mass is 227 g/mol. The van der Waals surface area contributed by atoms with Gasteiger partial charge in [-0.05, 0) is 36.9 Å². The maximum Gasteiger partial charge on any atom is 0.224 e. The first-order chi connectivity index (χ1) is 7.31. The lowest BCUT2D eigenvalue weighted by Crippen LogP contribution is -2.42. The maximum atomic E-state index is 9.02. The topological polar surface area (TPSA) is 49.2 Å². The van der Waals surface area contributed by atoms with E-state index >= 15 is 0 Å². The number of halogens is 1. The Kier molecular flexibility index (Phi) is 3.38. The molecule has 0 aromatic carbocycles. The molecular formula is C10H14ClN3O. The number of rotatable bonds is 4. The van der Waals surface area contributed by atoms with E-state index in [4.69, 9.17) is 16.7 Å². The third-order valence-electron chi connectivity index (χ3n) is 2.76. The van der Waals surface area contributed by atoms with Gasteiger partial charge in [-0.15, -0.1) is 0 Å². The van der Waals surface area contributed by atoms with Gasteiger partial charge >= 0.3 is 0 Å². The molecule has 0 radical (unpaired) electrons. The average molecular weight is 228 g/mol. The minimum atomic E-state index is 0.137. The van der Waals surface area contributed by atoms with Crippen LogP contribution >= 0.6 is 11.6 Å². The molecule has 0 unspecified atom stereocenters. The molecule has 0 aliphatic heterocycles. The normalized spacial score (nSPS) is 16.1. The molecule has 0 amide bonds. The number of anilines is 1. The number of aromatic nitrogens is 2. The van der Waals surface area contributed by atoms with Gasteiger partial charge in [-0.3, -0.25) is 0 Å². The fourth-order valence-electron chi connectivity index (χ4n) is 1.78. The van der Waals surface area contributed by atoms with E-state index in [1.165, 1.54) is 19.3 Å². The Morgan fingerprint density at radius 1 is 1.53 bits per heavy atom. The summed E-state index contributed by atoms with van der Waals surface area (Å²) in [5.41, 5.74) is 0. The molecule has 1 N–H and O–H groups in total. The molecule has 15 heavy (non-hydrogen) atoms. The Balaban J connectivity index is 2.15. The maximum absolute atomic E-state index is 9.02. The Labute approximate surface area is 93.9 Å². The largest absolute Gasteiger partial charge is 0.395 e. The van der Waals surface area contributed by atoms with Gasteiger partial charge in [-0.2, -0.15) is 0 Å². The fourth-order valence-corrected chi connectivity index (χ4v) is 1.92. The molecule has 0 bridgehead atoms. The van der Waals surface area contributed by atoms with Gasteiger partial charge in [0.05, 0.1) is 6.61 Å². The van der Waals surface area contributed by atoms with Crippen LogP contribution in [0, 0.1) is 0 Å². The van der Waals surface area contributed by atoms with E-state index in [0.29, 0.717) is 12.6 Å². The number of nitrogens with zero attached hydrogens (tertiary/aromatic N) is 3. The smallest absolute Gasteiger partial charge is 0.224 e. The van der Waals surface area contributed by atoms with Crippen molar-refractivity contribution in [2.75, 3.05) is 18.1 Å². The molecule has 1 saturated carbocycles. The minimum Gasteiger partial charge on any atom is -0.395 e. The molecule has 1 aliphatic rings. The van der Waals surface area contributed by atoms with Crippen molar-refractivity contribution in [3.63, 3.8) is 0 Å². The first kappa shape index (κ1) is 10.6. The van der Waals surface area contributed by atoms with Crippen LogP contribution in [0.1, 0.15) is 19.3 Å². The van der Waals surface area contributed by atoms with Gasteiger partial charge in [0.2, 0.25) is 5.28 Å². The van der Waals surface area contributed by atoms with Gasteiger partial charge in [0.15, 0.2) is 0 Å². The third kappa shape index (κ3) is 2.38. The van der Waals surface area contributed by atoms with Gasteiger partial charge in [-0.25, -0.2) is 9.97 Å². The van der Waals surface area contributed by atoms with Crippen molar-refractivity contribution in [1.82, 2.24) is 9.97 Å². The molecule has 2 rings (SSSR count). The first-order valence-electron chi connectivity index (χ1n) is 5.17. The van der Waals surface area contributed by atoms with Gasteiger partial charge in [0, 0.05) is 18.8 Å². The second kappa shape index (κ2) is 4.77. The van der Waals surface area contributed by atoms with Crippen LogP contribution in [0.4, 0.5) is 5.82 Å². The van der Waals surface area contributed by atoms with Crippen molar-refractivity contribution in [2.45, 2.75) is 25.3 Å². The highest BCUT2D eigenvalue weighted by atomic mass is 35.5. The lowest BCUT2D eigenvalue weighted by molar-refractivity contribution is 0.283. The zero-order chi connectivity index (χ0) is 10.7. The molecule has 1 aliphatic carbocycles. The second-order valence-corrected chi connectivity index (χ2v) is 4.02. The molecular weight excluding hydrogens is 214 g/mol. The second-order valence-electron chi connectivity index (χ2n) is 3.69. The molecule has 0 spiro atoms. The number of aliphatic hydroxyl groups excluding tert-OH is 1. The van der Waals surface area contributed by atoms with Crippen LogP contribution in [0.3, 0.4) is 0 Å². The summed E-state index contributed by atoms with van der Waals surface area (Å²) in [7, 11) is 0. The van der Waals surface area contributed by atoms with Crippen molar-refractivity contribution < 1.29 is 5.11 Å². The van der Waals surface area contributed by atoms with Crippen LogP contribution in [0.2, 0.25) is 5.28 Å². The van der Waals surface area contributed by atoms with Crippen LogP contribution in [-0.4, -0.2) is 34.3 Å². The minimum absolute atomic E-state index is 0.137. The van der Waals surface area contributed by atoms with E-state index in [-0.39, 0.29) is 11.9 Å². The predicted molar refractivity (Wildman–Crippen MR) is 59.1 cm³/mol. The molecule has 0 atom stereocenters. The summed E-state index contributed by atoms with van der Waals surface area (Å²) >= 11 is 5.74. The summed E-state index contributed by atoms with van der Waals surface area (Å²) in [5, 5.41) is 9.28. The SMILES string of the molecule is OCCN(c1ccnc(Cl)n1)C1CCC1. The molecule has 5 heteroatoms. The summed E-state index contributed by atoms with van der Waals surface area (Å²) in [4.78, 5) is 10.1. The number of hydrogen-bond donors (Lipinski definition) is 1. The van der Waals surface area contributed by atoms with Crippen molar-refractivity contribution in [3.8, 4) is 0 Å². The number of aliphatic hydroxyl groups is 1. The van der Waals surface area contributed by atoms with Gasteiger partial charge in [-0.1, -0.05) is 0 Å². The standard InChI is InChI=1S/C10H14ClN3O/c11-10-12-5-4-9(13-10)14(6-7-15)8-2-1-3-8/h4-5,8,15H,1-3,6-7H2. The molecule has 1 fully saturated rings. The fraction of sp³-hybridized carbons (Fsp3) is 0.600. The van der Waals surface area contributed by atoms with E-state index in [9.17, 15) is 0 Å². The van der Waals surface area contributed by atoms with E-state index in [1.807, 2.05) is 6.07 Å². The predicted octanol–water partition coefficient (Wildman–Crippen LogP) is 1.48. The Morgan fingerprint density at radius 2 is 2.33 bits per heavy atom. The first-order valence-corrected chi connectivity index (χ1v) is 5.55. The van der Waals surface area contributed by atoms with Gasteiger partial charge in [0.1, 0.15) is 5.82 Å². The Bertz CT molecular complexity index is 330. The molecule has 1 heterocycles. The zero-order valence-electron chi connectivity index (χ0n) is 8.43. The molecule has 0 saturated heterocycles. The Hall–Kier alpha value is -0.870. The van der Waals surface area contributed by atoms with Crippen LogP contribution in [0.5, 0.6) is 0 Å². The zero-order valence-corrected chi connectivity index (χ0v) is 9.19. The van der Waals surface area contributed by atoms with Crippen LogP contribution < -0.4 is 4.90 Å². The third-order valence-corrected chi connectivity index (χ3v) is 2.94. The lowest BCUT2D eigenvalue weighted by Gasteiger charge is -2.38. The quantitative estimate of drug-likeness (QED) is 0.792. The highest BCUT2D eigenvalue weighted by Gasteiger charge is 2.25. The summed E-state index contributed by atoms with van der Waals surface area (Å²) in [5.74, 6) is 0.814. The summed E-state index contributed by atoms with van der Waals surface area (Å²) in [6.45, 7) is 0.746. The van der Waals surface area contributed by atoms with Gasteiger partial charge in [0.25, 0.3) is 0 Å². The van der Waals surface area contributed by atoms with Crippen LogP contribution in [0.25, 0.3) is 0 Å². The molecule has 1 aromatic rings. The molecule has 1 aromatic heterocycles. The highest BCUT2D eigenvalue weighted by molar-refractivity contribution is 6.28. The van der Waals surface area contributed by atoms with Crippen molar-refractivity contribution >= 4 is 17.4 Å². The van der Waals surface area contributed by atoms with E-state index in [0.717, 1.165) is 5.82 Å². The summed E-state index contributed by atoms with van der Waals surface area (Å²) in [6, 6.07) is 2.34. The average Bonchev–Trinajstić information content (AvgIpc) is 2.14.